The number of unbranched alkanes of at least 4 members (excludes halogenated alkanes) is 2. The summed E-state index contributed by atoms with van der Waals surface area (Å²) in [5.41, 5.74) is 3.35. The first kappa shape index (κ1) is 23.8. The van der Waals surface area contributed by atoms with Gasteiger partial charge in [0.1, 0.15) is 18.2 Å². The smallest absolute Gasteiger partial charge is 0.223 e. The van der Waals surface area contributed by atoms with Gasteiger partial charge < -0.3 is 14.6 Å². The lowest BCUT2D eigenvalue weighted by molar-refractivity contribution is -0.125. The van der Waals surface area contributed by atoms with Gasteiger partial charge in [-0.15, -0.1) is 0 Å². The first-order valence-electron chi connectivity index (χ1n) is 12.0. The van der Waals surface area contributed by atoms with Crippen LogP contribution < -0.4 is 10.1 Å². The number of aromatic nitrogens is 2. The lowest BCUT2D eigenvalue weighted by Gasteiger charge is -2.13. The standard InChI is InChI=1S/C27H37N3O2/c1-4-22(5-2)27(31)28-18-12-6-7-17-26-29-23-14-9-10-15-24(23)30(26)19-20-32-25-16-11-8-13-21(25)3/h8-11,13-16,22H,4-7,12,17-20H2,1-3H3,(H,28,31). The minimum absolute atomic E-state index is 0.150. The summed E-state index contributed by atoms with van der Waals surface area (Å²) < 4.78 is 8.34. The van der Waals surface area contributed by atoms with Gasteiger partial charge in [0.2, 0.25) is 5.91 Å². The molecule has 0 unspecified atom stereocenters. The molecule has 0 bridgehead atoms. The molecule has 172 valence electrons. The number of aryl methyl sites for hydroxylation is 2. The number of carbonyl (C=O) groups is 1. The highest BCUT2D eigenvalue weighted by molar-refractivity contribution is 5.78. The second-order valence-corrected chi connectivity index (χ2v) is 8.40. The summed E-state index contributed by atoms with van der Waals surface area (Å²) in [5, 5.41) is 3.09. The maximum atomic E-state index is 12.1. The van der Waals surface area contributed by atoms with Crippen LogP contribution in [0.3, 0.4) is 0 Å². The Hall–Kier alpha value is -2.82. The van der Waals surface area contributed by atoms with E-state index in [1.807, 2.05) is 24.3 Å². The summed E-state index contributed by atoms with van der Waals surface area (Å²) in [5.74, 6) is 2.40. The number of imidazole rings is 1. The fraction of sp³-hybridized carbons (Fsp3) is 0.481. The van der Waals surface area contributed by atoms with Crippen molar-refractivity contribution in [2.24, 2.45) is 5.92 Å². The molecule has 1 N–H and O–H groups in total. The Morgan fingerprint density at radius 3 is 2.56 bits per heavy atom. The van der Waals surface area contributed by atoms with Crippen molar-refractivity contribution >= 4 is 16.9 Å². The maximum absolute atomic E-state index is 12.1. The van der Waals surface area contributed by atoms with Crippen molar-refractivity contribution in [3.05, 3.63) is 59.9 Å². The van der Waals surface area contributed by atoms with E-state index in [-0.39, 0.29) is 11.8 Å². The third-order valence-corrected chi connectivity index (χ3v) is 6.13. The van der Waals surface area contributed by atoms with Crippen molar-refractivity contribution in [2.45, 2.75) is 65.8 Å². The van der Waals surface area contributed by atoms with Crippen LogP contribution in [0.2, 0.25) is 0 Å². The zero-order valence-corrected chi connectivity index (χ0v) is 19.8. The van der Waals surface area contributed by atoms with Crippen LogP contribution in [0, 0.1) is 12.8 Å². The Kier molecular flexibility index (Phi) is 9.14. The molecule has 3 aromatic rings. The van der Waals surface area contributed by atoms with E-state index >= 15 is 0 Å². The highest BCUT2D eigenvalue weighted by Crippen LogP contribution is 2.20. The molecule has 0 aliphatic carbocycles. The van der Waals surface area contributed by atoms with Gasteiger partial charge in [0.05, 0.1) is 17.6 Å². The molecule has 1 heterocycles. The number of ether oxygens (including phenoxy) is 1. The Balaban J connectivity index is 1.51. The van der Waals surface area contributed by atoms with Crippen LogP contribution in [0.4, 0.5) is 0 Å². The minimum Gasteiger partial charge on any atom is -0.491 e. The number of hydrogen-bond acceptors (Lipinski definition) is 3. The van der Waals surface area contributed by atoms with Gasteiger partial charge in [-0.05, 0) is 56.4 Å². The molecule has 0 saturated heterocycles. The van der Waals surface area contributed by atoms with Gasteiger partial charge in [-0.1, -0.05) is 50.6 Å². The normalized spacial score (nSPS) is 11.2. The number of rotatable bonds is 13. The third kappa shape index (κ3) is 6.35. The second kappa shape index (κ2) is 12.3. The molecule has 1 amide bonds. The number of para-hydroxylation sites is 3. The molecule has 1 aromatic heterocycles. The van der Waals surface area contributed by atoms with Crippen molar-refractivity contribution in [1.29, 1.82) is 0 Å². The molecule has 2 aromatic carbocycles. The molecule has 0 atom stereocenters. The van der Waals surface area contributed by atoms with Crippen molar-refractivity contribution in [3.63, 3.8) is 0 Å². The molecule has 0 saturated carbocycles. The molecule has 5 nitrogen and oxygen atoms in total. The van der Waals surface area contributed by atoms with Crippen LogP contribution in [0.25, 0.3) is 11.0 Å². The fourth-order valence-electron chi connectivity index (χ4n) is 4.13. The van der Waals surface area contributed by atoms with Gasteiger partial charge in [-0.2, -0.15) is 0 Å². The molecule has 5 heteroatoms. The van der Waals surface area contributed by atoms with E-state index in [0.29, 0.717) is 6.61 Å². The van der Waals surface area contributed by atoms with E-state index in [1.54, 1.807) is 0 Å². The van der Waals surface area contributed by atoms with E-state index in [9.17, 15) is 4.79 Å². The van der Waals surface area contributed by atoms with Crippen LogP contribution in [0.15, 0.2) is 48.5 Å². The Morgan fingerprint density at radius 2 is 1.78 bits per heavy atom. The highest BCUT2D eigenvalue weighted by Gasteiger charge is 2.13. The molecule has 0 aliphatic rings. The van der Waals surface area contributed by atoms with Gasteiger partial charge in [-0.3, -0.25) is 4.79 Å². The molecule has 0 radical (unpaired) electrons. The summed E-state index contributed by atoms with van der Waals surface area (Å²) >= 11 is 0. The first-order chi connectivity index (χ1) is 15.6. The number of nitrogens with zero attached hydrogens (tertiary/aromatic N) is 2. The predicted molar refractivity (Wildman–Crippen MR) is 131 cm³/mol. The molecule has 3 rings (SSSR count). The lowest BCUT2D eigenvalue weighted by Crippen LogP contribution is -2.30. The van der Waals surface area contributed by atoms with Crippen LogP contribution in [-0.2, 0) is 17.8 Å². The first-order valence-corrected chi connectivity index (χ1v) is 12.0. The summed E-state index contributed by atoms with van der Waals surface area (Å²) in [7, 11) is 0. The van der Waals surface area contributed by atoms with Gasteiger partial charge in [-0.25, -0.2) is 4.98 Å². The summed E-state index contributed by atoms with van der Waals surface area (Å²) in [6.07, 6.45) is 5.88. The van der Waals surface area contributed by atoms with Crippen molar-refractivity contribution in [1.82, 2.24) is 14.9 Å². The Morgan fingerprint density at radius 1 is 1.03 bits per heavy atom. The number of amides is 1. The largest absolute Gasteiger partial charge is 0.491 e. The van der Waals surface area contributed by atoms with Crippen molar-refractivity contribution in [3.8, 4) is 5.75 Å². The van der Waals surface area contributed by atoms with E-state index in [1.165, 1.54) is 0 Å². The second-order valence-electron chi connectivity index (χ2n) is 8.40. The number of hydrogen-bond donors (Lipinski definition) is 1. The number of nitrogens with one attached hydrogen (secondary N) is 1. The molecule has 0 aliphatic heterocycles. The summed E-state index contributed by atoms with van der Waals surface area (Å²) in [6, 6.07) is 16.4. The highest BCUT2D eigenvalue weighted by atomic mass is 16.5. The van der Waals surface area contributed by atoms with E-state index < -0.39 is 0 Å². The zero-order chi connectivity index (χ0) is 22.8. The predicted octanol–water partition coefficient (Wildman–Crippen LogP) is 5.69. The van der Waals surface area contributed by atoms with E-state index in [0.717, 1.165) is 79.8 Å². The molecule has 0 fully saturated rings. The fourth-order valence-corrected chi connectivity index (χ4v) is 4.13. The molecule has 32 heavy (non-hydrogen) atoms. The van der Waals surface area contributed by atoms with Crippen LogP contribution in [-0.4, -0.2) is 28.6 Å². The van der Waals surface area contributed by atoms with Crippen LogP contribution >= 0.6 is 0 Å². The van der Waals surface area contributed by atoms with Crippen molar-refractivity contribution in [2.75, 3.05) is 13.2 Å². The van der Waals surface area contributed by atoms with Gasteiger partial charge in [0.25, 0.3) is 0 Å². The Labute approximate surface area is 192 Å². The zero-order valence-electron chi connectivity index (χ0n) is 19.8. The third-order valence-electron chi connectivity index (χ3n) is 6.13. The molecule has 0 spiro atoms. The maximum Gasteiger partial charge on any atom is 0.223 e. The van der Waals surface area contributed by atoms with Gasteiger partial charge in [0.15, 0.2) is 0 Å². The number of carbonyl (C=O) groups excluding carboxylic acids is 1. The Bertz CT molecular complexity index is 991. The van der Waals surface area contributed by atoms with E-state index in [4.69, 9.17) is 9.72 Å². The number of fused-ring (bicyclic) bond motifs is 1. The molecular formula is C27H37N3O2. The number of benzene rings is 2. The SMILES string of the molecule is CCC(CC)C(=O)NCCCCCc1nc2ccccc2n1CCOc1ccccc1C. The lowest BCUT2D eigenvalue weighted by atomic mass is 10.0. The van der Waals surface area contributed by atoms with E-state index in [2.05, 4.69) is 54.9 Å². The topological polar surface area (TPSA) is 56.2 Å². The van der Waals surface area contributed by atoms with Crippen LogP contribution in [0.5, 0.6) is 5.75 Å². The monoisotopic (exact) mass is 435 g/mol. The summed E-state index contributed by atoms with van der Waals surface area (Å²) in [4.78, 5) is 17.0. The average molecular weight is 436 g/mol. The van der Waals surface area contributed by atoms with Crippen LogP contribution in [0.1, 0.15) is 57.3 Å². The van der Waals surface area contributed by atoms with Crippen molar-refractivity contribution < 1.29 is 9.53 Å². The summed E-state index contributed by atoms with van der Waals surface area (Å²) in [6.45, 7) is 8.37. The quantitative estimate of drug-likeness (QED) is 0.351. The van der Waals surface area contributed by atoms with Gasteiger partial charge in [0, 0.05) is 18.9 Å². The van der Waals surface area contributed by atoms with Gasteiger partial charge >= 0.3 is 0 Å². The minimum atomic E-state index is 0.150. The average Bonchev–Trinajstić information content (AvgIpc) is 3.15. The molecular weight excluding hydrogens is 398 g/mol.